The predicted molar refractivity (Wildman–Crippen MR) is 52.0 cm³/mol. The number of pyridine rings is 1. The topological polar surface area (TPSA) is 113 Å². The van der Waals surface area contributed by atoms with Crippen LogP contribution in [-0.4, -0.2) is 21.9 Å². The van der Waals surface area contributed by atoms with Gasteiger partial charge in [0, 0.05) is 23.2 Å². The van der Waals surface area contributed by atoms with E-state index in [4.69, 9.17) is 20.7 Å². The number of carboxylic acids is 1. The van der Waals surface area contributed by atoms with Gasteiger partial charge in [0.25, 0.3) is 0 Å². The molecule has 0 aliphatic carbocycles. The van der Waals surface area contributed by atoms with E-state index in [-0.39, 0.29) is 17.3 Å². The molecule has 0 fully saturated rings. The Hall–Kier alpha value is -2.37. The second kappa shape index (κ2) is 3.09. The summed E-state index contributed by atoms with van der Waals surface area (Å²) in [5.41, 5.74) is 5.92. The van der Waals surface area contributed by atoms with Crippen LogP contribution in [0.25, 0.3) is 11.1 Å². The van der Waals surface area contributed by atoms with Crippen molar-refractivity contribution in [2.45, 2.75) is 0 Å². The van der Waals surface area contributed by atoms with Crippen molar-refractivity contribution in [3.63, 3.8) is 0 Å². The molecule has 0 bridgehead atoms. The second-order valence-corrected chi connectivity index (χ2v) is 2.95. The molecule has 2 aromatic heterocycles. The highest BCUT2D eigenvalue weighted by atomic mass is 16.4. The van der Waals surface area contributed by atoms with E-state index in [0.29, 0.717) is 10.9 Å². The van der Waals surface area contributed by atoms with Gasteiger partial charge in [-0.25, -0.2) is 9.78 Å². The van der Waals surface area contributed by atoms with Crippen LogP contribution in [0.2, 0.25) is 0 Å². The molecular weight excluding hydrogens is 198 g/mol. The largest absolute Gasteiger partial charge is 0.475 e. The summed E-state index contributed by atoms with van der Waals surface area (Å²) in [6.45, 7) is 0. The van der Waals surface area contributed by atoms with E-state index >= 15 is 0 Å². The lowest BCUT2D eigenvalue weighted by atomic mass is 10.2. The van der Waals surface area contributed by atoms with E-state index in [9.17, 15) is 4.79 Å². The van der Waals surface area contributed by atoms with Crippen molar-refractivity contribution in [2.24, 2.45) is 5.73 Å². The number of nitrogen functional groups attached to an aromatic ring is 1. The normalized spacial score (nSPS) is 10.4. The third-order valence-electron chi connectivity index (χ3n) is 1.89. The summed E-state index contributed by atoms with van der Waals surface area (Å²) in [6, 6.07) is 2.90. The highest BCUT2D eigenvalue weighted by Crippen LogP contribution is 2.18. The van der Waals surface area contributed by atoms with Gasteiger partial charge in [0.05, 0.1) is 0 Å². The number of amidine groups is 1. The molecule has 2 aromatic rings. The lowest BCUT2D eigenvalue weighted by Crippen LogP contribution is -2.10. The standard InChI is InChI=1S/C9H7N3O3/c10-7(11)5-1-4-2-6(9(13)14)15-8(4)12-3-5/h1-3H,(H3,10,11)(H,13,14). The van der Waals surface area contributed by atoms with Crippen LogP contribution in [0.15, 0.2) is 22.7 Å². The first kappa shape index (κ1) is 9.20. The van der Waals surface area contributed by atoms with Crippen molar-refractivity contribution in [1.29, 1.82) is 5.41 Å². The molecule has 0 amide bonds. The summed E-state index contributed by atoms with van der Waals surface area (Å²) >= 11 is 0. The van der Waals surface area contributed by atoms with E-state index in [1.807, 2.05) is 0 Å². The first-order chi connectivity index (χ1) is 7.08. The maximum absolute atomic E-state index is 10.6. The Bertz CT molecular complexity index is 547. The lowest BCUT2D eigenvalue weighted by Gasteiger charge is -1.95. The number of hydrogen-bond acceptors (Lipinski definition) is 4. The van der Waals surface area contributed by atoms with Gasteiger partial charge >= 0.3 is 5.97 Å². The first-order valence-corrected chi connectivity index (χ1v) is 4.05. The molecule has 0 aliphatic heterocycles. The lowest BCUT2D eigenvalue weighted by molar-refractivity contribution is 0.0664. The second-order valence-electron chi connectivity index (χ2n) is 2.95. The zero-order valence-electron chi connectivity index (χ0n) is 7.52. The number of carbonyl (C=O) groups is 1. The summed E-state index contributed by atoms with van der Waals surface area (Å²) in [5, 5.41) is 16.4. The van der Waals surface area contributed by atoms with Gasteiger partial charge in [0.2, 0.25) is 11.5 Å². The van der Waals surface area contributed by atoms with E-state index in [2.05, 4.69) is 4.98 Å². The van der Waals surface area contributed by atoms with Gasteiger partial charge in [-0.05, 0) is 6.07 Å². The van der Waals surface area contributed by atoms with Gasteiger partial charge in [-0.1, -0.05) is 0 Å². The third kappa shape index (κ3) is 1.52. The van der Waals surface area contributed by atoms with Crippen molar-refractivity contribution in [3.8, 4) is 0 Å². The van der Waals surface area contributed by atoms with Crippen molar-refractivity contribution in [3.05, 3.63) is 29.7 Å². The van der Waals surface area contributed by atoms with Crippen LogP contribution in [0.1, 0.15) is 16.1 Å². The van der Waals surface area contributed by atoms with Crippen LogP contribution in [0.3, 0.4) is 0 Å². The van der Waals surface area contributed by atoms with Crippen molar-refractivity contribution in [2.75, 3.05) is 0 Å². The SMILES string of the molecule is N=C(N)c1cnc2oc(C(=O)O)cc2c1. The highest BCUT2D eigenvalue weighted by molar-refractivity contribution is 5.98. The fourth-order valence-electron chi connectivity index (χ4n) is 1.19. The Morgan fingerprint density at radius 3 is 2.87 bits per heavy atom. The van der Waals surface area contributed by atoms with Crippen molar-refractivity contribution in [1.82, 2.24) is 4.98 Å². The number of furan rings is 1. The van der Waals surface area contributed by atoms with Crippen LogP contribution in [-0.2, 0) is 0 Å². The summed E-state index contributed by atoms with van der Waals surface area (Å²) in [5.74, 6) is -1.46. The Balaban J connectivity index is 2.62. The number of aromatic carboxylic acids is 1. The molecule has 0 saturated carbocycles. The van der Waals surface area contributed by atoms with Crippen LogP contribution in [0, 0.1) is 5.41 Å². The quantitative estimate of drug-likeness (QED) is 0.496. The molecule has 4 N–H and O–H groups in total. The molecule has 6 nitrogen and oxygen atoms in total. The number of carboxylic acid groups (broad SMARTS) is 1. The molecule has 0 atom stereocenters. The molecule has 0 aliphatic rings. The van der Waals surface area contributed by atoms with Crippen LogP contribution < -0.4 is 5.73 Å². The Labute approximate surface area is 83.8 Å². The molecule has 0 radical (unpaired) electrons. The average molecular weight is 205 g/mol. The first-order valence-electron chi connectivity index (χ1n) is 4.05. The highest BCUT2D eigenvalue weighted by Gasteiger charge is 2.11. The maximum Gasteiger partial charge on any atom is 0.371 e. The van der Waals surface area contributed by atoms with E-state index in [1.54, 1.807) is 6.07 Å². The number of nitrogens with one attached hydrogen (secondary N) is 1. The van der Waals surface area contributed by atoms with Gasteiger partial charge in [-0.2, -0.15) is 0 Å². The summed E-state index contributed by atoms with van der Waals surface area (Å²) in [6.07, 6.45) is 1.36. The van der Waals surface area contributed by atoms with Gasteiger partial charge < -0.3 is 15.3 Å². The van der Waals surface area contributed by atoms with Gasteiger partial charge in [0.15, 0.2) is 0 Å². The molecule has 2 heterocycles. The van der Waals surface area contributed by atoms with E-state index in [0.717, 1.165) is 0 Å². The number of nitrogens with zero attached hydrogens (tertiary/aromatic N) is 1. The fourth-order valence-corrected chi connectivity index (χ4v) is 1.19. The average Bonchev–Trinajstić information content (AvgIpc) is 2.59. The van der Waals surface area contributed by atoms with Crippen molar-refractivity contribution >= 4 is 22.9 Å². The van der Waals surface area contributed by atoms with E-state index in [1.165, 1.54) is 12.3 Å². The minimum absolute atomic E-state index is 0.123. The van der Waals surface area contributed by atoms with Gasteiger partial charge in [-0.15, -0.1) is 0 Å². The zero-order valence-corrected chi connectivity index (χ0v) is 7.52. The van der Waals surface area contributed by atoms with Gasteiger partial charge in [0.1, 0.15) is 5.84 Å². The molecule has 0 spiro atoms. The van der Waals surface area contributed by atoms with Gasteiger partial charge in [-0.3, -0.25) is 5.41 Å². The van der Waals surface area contributed by atoms with Crippen LogP contribution >= 0.6 is 0 Å². The zero-order chi connectivity index (χ0) is 11.0. The molecular formula is C9H7N3O3. The maximum atomic E-state index is 10.6. The molecule has 6 heteroatoms. The summed E-state index contributed by atoms with van der Waals surface area (Å²) < 4.78 is 4.94. The van der Waals surface area contributed by atoms with Crippen LogP contribution in [0.5, 0.6) is 0 Å². The molecule has 76 valence electrons. The number of rotatable bonds is 2. The Kier molecular flexibility index (Phi) is 1.89. The molecule has 15 heavy (non-hydrogen) atoms. The van der Waals surface area contributed by atoms with Crippen LogP contribution in [0.4, 0.5) is 0 Å². The third-order valence-corrected chi connectivity index (χ3v) is 1.89. The predicted octanol–water partition coefficient (Wildman–Crippen LogP) is 0.810. The smallest absolute Gasteiger partial charge is 0.371 e. The van der Waals surface area contributed by atoms with E-state index < -0.39 is 5.97 Å². The summed E-state index contributed by atoms with van der Waals surface area (Å²) in [4.78, 5) is 14.5. The number of hydrogen-bond donors (Lipinski definition) is 3. The minimum atomic E-state index is -1.16. The fraction of sp³-hybridized carbons (Fsp3) is 0. The number of fused-ring (bicyclic) bond motifs is 1. The molecule has 0 saturated heterocycles. The number of aromatic nitrogens is 1. The molecule has 2 rings (SSSR count). The summed E-state index contributed by atoms with van der Waals surface area (Å²) in [7, 11) is 0. The Morgan fingerprint density at radius 1 is 1.53 bits per heavy atom. The minimum Gasteiger partial charge on any atom is -0.475 e. The number of nitrogens with two attached hydrogens (primary N) is 1. The van der Waals surface area contributed by atoms with Crippen molar-refractivity contribution < 1.29 is 14.3 Å². The Morgan fingerprint density at radius 2 is 2.27 bits per heavy atom. The monoisotopic (exact) mass is 205 g/mol. The molecule has 0 unspecified atom stereocenters. The molecule has 0 aromatic carbocycles.